The Balaban J connectivity index is 2.19. The largest absolute Gasteiger partial charge is 0.454 e. The van der Waals surface area contributed by atoms with Crippen LogP contribution < -0.4 is 9.47 Å². The predicted octanol–water partition coefficient (Wildman–Crippen LogP) is 3.68. The van der Waals surface area contributed by atoms with Crippen LogP contribution in [0.5, 0.6) is 11.5 Å². The molecule has 2 aromatic rings. The molecule has 0 aromatic heterocycles. The highest BCUT2D eigenvalue weighted by Crippen LogP contribution is 2.38. The van der Waals surface area contributed by atoms with Gasteiger partial charge < -0.3 is 9.47 Å². The molecule has 1 heterocycles. The first-order valence-corrected chi connectivity index (χ1v) is 6.17. The zero-order valence-corrected chi connectivity index (χ0v) is 11.0. The summed E-state index contributed by atoms with van der Waals surface area (Å²) in [5.74, 6) is 4.20. The van der Waals surface area contributed by atoms with Gasteiger partial charge in [-0.25, -0.2) is 0 Å². The minimum Gasteiger partial charge on any atom is -0.454 e. The Labute approximate surface area is 113 Å². The molecule has 0 aliphatic carbocycles. The van der Waals surface area contributed by atoms with Gasteiger partial charge in [-0.2, -0.15) is 0 Å². The molecule has 2 heteroatoms. The van der Waals surface area contributed by atoms with E-state index in [0.29, 0.717) is 0 Å². The molecule has 19 heavy (non-hydrogen) atoms. The standard InChI is InChI=1S/C17H14O2/c1-4-13-8-16-17(19-10-18-16)9-15(13)14-6-5-11(2)12(3)7-14/h1,5-9H,10H2,2-3H3. The average Bonchev–Trinajstić information content (AvgIpc) is 2.87. The van der Waals surface area contributed by atoms with E-state index in [2.05, 4.69) is 38.0 Å². The number of aryl methyl sites for hydroxylation is 2. The summed E-state index contributed by atoms with van der Waals surface area (Å²) < 4.78 is 10.8. The van der Waals surface area contributed by atoms with Crippen LogP contribution in [-0.4, -0.2) is 6.79 Å². The van der Waals surface area contributed by atoms with Gasteiger partial charge in [-0.15, -0.1) is 6.42 Å². The fraction of sp³-hybridized carbons (Fsp3) is 0.176. The summed E-state index contributed by atoms with van der Waals surface area (Å²) in [5.41, 5.74) is 5.46. The summed E-state index contributed by atoms with van der Waals surface area (Å²) >= 11 is 0. The molecular weight excluding hydrogens is 236 g/mol. The number of hydrogen-bond acceptors (Lipinski definition) is 2. The zero-order chi connectivity index (χ0) is 13.4. The molecule has 2 nitrogen and oxygen atoms in total. The molecule has 0 unspecified atom stereocenters. The minimum absolute atomic E-state index is 0.260. The zero-order valence-electron chi connectivity index (χ0n) is 11.0. The predicted molar refractivity (Wildman–Crippen MR) is 75.4 cm³/mol. The van der Waals surface area contributed by atoms with Gasteiger partial charge in [0.05, 0.1) is 0 Å². The summed E-state index contributed by atoms with van der Waals surface area (Å²) in [6, 6.07) is 10.2. The molecule has 0 saturated heterocycles. The molecule has 1 aliphatic heterocycles. The van der Waals surface area contributed by atoms with Crippen LogP contribution in [0.2, 0.25) is 0 Å². The van der Waals surface area contributed by atoms with Crippen molar-refractivity contribution in [2.75, 3.05) is 6.79 Å². The van der Waals surface area contributed by atoms with E-state index in [4.69, 9.17) is 15.9 Å². The van der Waals surface area contributed by atoms with Crippen molar-refractivity contribution in [3.63, 3.8) is 0 Å². The van der Waals surface area contributed by atoms with Gasteiger partial charge in [-0.3, -0.25) is 0 Å². The summed E-state index contributed by atoms with van der Waals surface area (Å²) in [4.78, 5) is 0. The van der Waals surface area contributed by atoms with Crippen molar-refractivity contribution in [3.05, 3.63) is 47.0 Å². The van der Waals surface area contributed by atoms with E-state index in [1.165, 1.54) is 11.1 Å². The molecule has 0 fully saturated rings. The third kappa shape index (κ3) is 1.94. The first-order valence-electron chi connectivity index (χ1n) is 6.17. The third-order valence-electron chi connectivity index (χ3n) is 3.49. The van der Waals surface area contributed by atoms with E-state index in [9.17, 15) is 0 Å². The lowest BCUT2D eigenvalue weighted by Crippen LogP contribution is -1.92. The Morgan fingerprint density at radius 1 is 1.00 bits per heavy atom. The molecule has 0 spiro atoms. The van der Waals surface area contributed by atoms with Crippen LogP contribution in [-0.2, 0) is 0 Å². The van der Waals surface area contributed by atoms with Gasteiger partial charge in [-0.05, 0) is 36.6 Å². The Morgan fingerprint density at radius 2 is 1.74 bits per heavy atom. The number of hydrogen-bond donors (Lipinski definition) is 0. The lowest BCUT2D eigenvalue weighted by atomic mass is 9.96. The number of ether oxygens (including phenoxy) is 2. The molecule has 0 atom stereocenters. The van der Waals surface area contributed by atoms with Crippen molar-refractivity contribution >= 4 is 0 Å². The van der Waals surface area contributed by atoms with Gasteiger partial charge in [0.25, 0.3) is 0 Å². The number of rotatable bonds is 1. The van der Waals surface area contributed by atoms with Crippen LogP contribution in [0.3, 0.4) is 0 Å². The summed E-state index contributed by atoms with van der Waals surface area (Å²) in [6.07, 6.45) is 5.60. The minimum atomic E-state index is 0.260. The molecular formula is C17H14O2. The molecule has 2 aromatic carbocycles. The first-order chi connectivity index (χ1) is 9.19. The van der Waals surface area contributed by atoms with Crippen molar-refractivity contribution in [2.45, 2.75) is 13.8 Å². The van der Waals surface area contributed by atoms with Crippen LogP contribution >= 0.6 is 0 Å². The van der Waals surface area contributed by atoms with Crippen LogP contribution in [0.25, 0.3) is 11.1 Å². The molecule has 3 rings (SSSR count). The Morgan fingerprint density at radius 3 is 2.42 bits per heavy atom. The van der Waals surface area contributed by atoms with E-state index in [0.717, 1.165) is 28.2 Å². The van der Waals surface area contributed by atoms with Gasteiger partial charge >= 0.3 is 0 Å². The van der Waals surface area contributed by atoms with Crippen molar-refractivity contribution in [2.24, 2.45) is 0 Å². The van der Waals surface area contributed by atoms with Gasteiger partial charge in [0, 0.05) is 17.2 Å². The summed E-state index contributed by atoms with van der Waals surface area (Å²) in [5, 5.41) is 0. The lowest BCUT2D eigenvalue weighted by molar-refractivity contribution is 0.174. The second kappa shape index (κ2) is 4.37. The second-order valence-electron chi connectivity index (χ2n) is 4.69. The maximum Gasteiger partial charge on any atom is 0.231 e. The Bertz CT molecular complexity index is 693. The molecule has 0 radical (unpaired) electrons. The average molecular weight is 250 g/mol. The monoisotopic (exact) mass is 250 g/mol. The van der Waals surface area contributed by atoms with Gasteiger partial charge in [0.1, 0.15) is 0 Å². The quantitative estimate of drug-likeness (QED) is 0.719. The fourth-order valence-electron chi connectivity index (χ4n) is 2.21. The van der Waals surface area contributed by atoms with E-state index >= 15 is 0 Å². The van der Waals surface area contributed by atoms with Crippen LogP contribution in [0, 0.1) is 26.2 Å². The van der Waals surface area contributed by atoms with Gasteiger partial charge in [0.2, 0.25) is 6.79 Å². The summed E-state index contributed by atoms with van der Waals surface area (Å²) in [7, 11) is 0. The Kier molecular flexibility index (Phi) is 2.68. The van der Waals surface area contributed by atoms with Crippen molar-refractivity contribution < 1.29 is 9.47 Å². The fourth-order valence-corrected chi connectivity index (χ4v) is 2.21. The lowest BCUT2D eigenvalue weighted by Gasteiger charge is -2.09. The SMILES string of the molecule is C#Cc1cc2c(cc1-c1ccc(C)c(C)c1)OCO2. The molecule has 0 bridgehead atoms. The molecule has 0 saturated carbocycles. The Hall–Kier alpha value is -2.40. The van der Waals surface area contributed by atoms with Gasteiger partial charge in [0.15, 0.2) is 11.5 Å². The van der Waals surface area contributed by atoms with E-state index < -0.39 is 0 Å². The summed E-state index contributed by atoms with van der Waals surface area (Å²) in [6.45, 7) is 4.46. The molecule has 0 amide bonds. The van der Waals surface area contributed by atoms with E-state index in [1.54, 1.807) is 0 Å². The highest BCUT2D eigenvalue weighted by Gasteiger charge is 2.17. The van der Waals surface area contributed by atoms with Crippen molar-refractivity contribution in [3.8, 4) is 35.0 Å². The molecule has 1 aliphatic rings. The maximum absolute atomic E-state index is 5.60. The topological polar surface area (TPSA) is 18.5 Å². The third-order valence-corrected chi connectivity index (χ3v) is 3.49. The van der Waals surface area contributed by atoms with Gasteiger partial charge in [-0.1, -0.05) is 24.1 Å². The normalized spacial score (nSPS) is 12.3. The highest BCUT2D eigenvalue weighted by atomic mass is 16.7. The van der Waals surface area contributed by atoms with Crippen molar-refractivity contribution in [1.82, 2.24) is 0 Å². The molecule has 0 N–H and O–H groups in total. The highest BCUT2D eigenvalue weighted by molar-refractivity contribution is 5.75. The van der Waals surface area contributed by atoms with Crippen LogP contribution in [0.1, 0.15) is 16.7 Å². The number of benzene rings is 2. The van der Waals surface area contributed by atoms with E-state index in [-0.39, 0.29) is 6.79 Å². The second-order valence-corrected chi connectivity index (χ2v) is 4.69. The number of terminal acetylenes is 1. The molecule has 94 valence electrons. The first kappa shape index (κ1) is 11.7. The van der Waals surface area contributed by atoms with E-state index in [1.807, 2.05) is 12.1 Å². The number of fused-ring (bicyclic) bond motifs is 1. The van der Waals surface area contributed by atoms with Crippen molar-refractivity contribution in [1.29, 1.82) is 0 Å². The van der Waals surface area contributed by atoms with Crippen LogP contribution in [0.4, 0.5) is 0 Å². The van der Waals surface area contributed by atoms with Crippen LogP contribution in [0.15, 0.2) is 30.3 Å². The smallest absolute Gasteiger partial charge is 0.231 e. The maximum atomic E-state index is 5.60.